The lowest BCUT2D eigenvalue weighted by atomic mass is 9.88. The Kier molecular flexibility index (Phi) is 2.90. The number of rotatable bonds is 2. The van der Waals surface area contributed by atoms with Crippen LogP contribution in [0.15, 0.2) is 18.3 Å². The predicted molar refractivity (Wildman–Crippen MR) is 65.9 cm³/mol. The first-order chi connectivity index (χ1) is 9.21. The Balaban J connectivity index is 1.79. The van der Waals surface area contributed by atoms with Crippen molar-refractivity contribution in [2.24, 2.45) is 0 Å². The maximum atomic E-state index is 12.5. The first kappa shape index (κ1) is 12.0. The number of carbonyl (C=O) groups is 2. The van der Waals surface area contributed by atoms with Gasteiger partial charge in [0.25, 0.3) is 5.91 Å². The third-order valence-electron chi connectivity index (χ3n) is 3.65. The van der Waals surface area contributed by atoms with Crippen molar-refractivity contribution < 1.29 is 9.59 Å². The lowest BCUT2D eigenvalue weighted by Crippen LogP contribution is -2.53. The second kappa shape index (κ2) is 4.58. The summed E-state index contributed by atoms with van der Waals surface area (Å²) in [6.45, 7) is 1.66. The highest BCUT2D eigenvalue weighted by molar-refractivity contribution is 6.07. The van der Waals surface area contributed by atoms with Crippen LogP contribution in [0, 0.1) is 0 Å². The molecule has 100 valence electrons. The molecule has 2 fully saturated rings. The number of nitrogens with one attached hydrogen (secondary N) is 2. The summed E-state index contributed by atoms with van der Waals surface area (Å²) in [5.74, 6) is -0.148. The van der Waals surface area contributed by atoms with Gasteiger partial charge in [0.05, 0.1) is 12.2 Å². The van der Waals surface area contributed by atoms with Crippen LogP contribution >= 0.6 is 0 Å². The van der Waals surface area contributed by atoms with Crippen molar-refractivity contribution in [3.8, 4) is 0 Å². The summed E-state index contributed by atoms with van der Waals surface area (Å²) < 4.78 is 0. The molecule has 3 amide bonds. The van der Waals surface area contributed by atoms with Crippen molar-refractivity contribution in [2.45, 2.75) is 24.9 Å². The van der Waals surface area contributed by atoms with Crippen molar-refractivity contribution in [2.75, 3.05) is 13.1 Å². The van der Waals surface area contributed by atoms with E-state index >= 15 is 0 Å². The largest absolute Gasteiger partial charge is 0.325 e. The summed E-state index contributed by atoms with van der Waals surface area (Å²) in [6.07, 6.45) is 2.83. The van der Waals surface area contributed by atoms with Gasteiger partial charge in [-0.1, -0.05) is 0 Å². The average molecular weight is 261 g/mol. The Morgan fingerprint density at radius 2 is 2.11 bits per heavy atom. The van der Waals surface area contributed by atoms with Gasteiger partial charge in [-0.3, -0.25) is 9.69 Å². The molecule has 3 rings (SSSR count). The highest BCUT2D eigenvalue weighted by Gasteiger charge is 2.51. The highest BCUT2D eigenvalue weighted by atomic mass is 16.2. The van der Waals surface area contributed by atoms with E-state index in [1.807, 2.05) is 0 Å². The molecular weight excluding hydrogens is 246 g/mol. The Morgan fingerprint density at radius 1 is 1.32 bits per heavy atom. The van der Waals surface area contributed by atoms with E-state index in [0.717, 1.165) is 13.1 Å². The number of aromatic nitrogens is 2. The molecule has 19 heavy (non-hydrogen) atoms. The molecule has 1 aromatic rings. The fourth-order valence-electron chi connectivity index (χ4n) is 2.59. The Bertz CT molecular complexity index is 498. The molecule has 0 aromatic carbocycles. The zero-order chi connectivity index (χ0) is 13.3. The van der Waals surface area contributed by atoms with E-state index in [1.165, 1.54) is 4.90 Å². The van der Waals surface area contributed by atoms with Crippen LogP contribution in [0.3, 0.4) is 0 Å². The van der Waals surface area contributed by atoms with Crippen molar-refractivity contribution in [1.29, 1.82) is 0 Å². The number of hydrogen-bond acceptors (Lipinski definition) is 5. The fraction of sp³-hybridized carbons (Fsp3) is 0.500. The van der Waals surface area contributed by atoms with Gasteiger partial charge >= 0.3 is 6.03 Å². The molecule has 0 radical (unpaired) electrons. The summed E-state index contributed by atoms with van der Waals surface area (Å²) >= 11 is 0. The predicted octanol–water partition coefficient (Wildman–Crippen LogP) is -0.349. The number of piperidine rings is 1. The van der Waals surface area contributed by atoms with Crippen molar-refractivity contribution in [3.05, 3.63) is 24.0 Å². The number of carbonyl (C=O) groups excluding carboxylic acids is 2. The molecule has 0 atom stereocenters. The normalized spacial score (nSPS) is 21.8. The SMILES string of the molecule is O=C1NC2(CCNCC2)C(=O)N1Cc1cccnn1. The van der Waals surface area contributed by atoms with Gasteiger partial charge in [-0.15, -0.1) is 0 Å². The number of hydrogen-bond donors (Lipinski definition) is 2. The molecule has 2 N–H and O–H groups in total. The van der Waals surface area contributed by atoms with Gasteiger partial charge < -0.3 is 10.6 Å². The van der Waals surface area contributed by atoms with E-state index in [2.05, 4.69) is 20.8 Å². The minimum absolute atomic E-state index is 0.148. The van der Waals surface area contributed by atoms with Crippen LogP contribution in [-0.2, 0) is 11.3 Å². The molecule has 1 spiro atoms. The Hall–Kier alpha value is -2.02. The summed E-state index contributed by atoms with van der Waals surface area (Å²) in [4.78, 5) is 25.7. The maximum absolute atomic E-state index is 12.5. The number of amides is 3. The van der Waals surface area contributed by atoms with E-state index in [0.29, 0.717) is 18.5 Å². The van der Waals surface area contributed by atoms with Gasteiger partial charge in [0.1, 0.15) is 5.54 Å². The molecule has 0 unspecified atom stereocenters. The quantitative estimate of drug-likeness (QED) is 0.711. The summed E-state index contributed by atoms with van der Waals surface area (Å²) in [5.41, 5.74) is -0.109. The molecule has 3 heterocycles. The third-order valence-corrected chi connectivity index (χ3v) is 3.65. The van der Waals surface area contributed by atoms with Crippen LogP contribution in [0.5, 0.6) is 0 Å². The third kappa shape index (κ3) is 2.06. The van der Waals surface area contributed by atoms with Gasteiger partial charge in [0.2, 0.25) is 0 Å². The molecule has 1 aromatic heterocycles. The molecule has 7 heteroatoms. The molecule has 2 aliphatic rings. The van der Waals surface area contributed by atoms with Gasteiger partial charge in [0.15, 0.2) is 0 Å². The Morgan fingerprint density at radius 3 is 2.79 bits per heavy atom. The molecule has 0 saturated carbocycles. The van der Waals surface area contributed by atoms with Crippen molar-refractivity contribution in [1.82, 2.24) is 25.7 Å². The van der Waals surface area contributed by atoms with Crippen molar-refractivity contribution in [3.63, 3.8) is 0 Å². The number of urea groups is 1. The Labute approximate surface area is 110 Å². The lowest BCUT2D eigenvalue weighted by molar-refractivity contribution is -0.132. The van der Waals surface area contributed by atoms with Crippen LogP contribution in [0.4, 0.5) is 4.79 Å². The lowest BCUT2D eigenvalue weighted by Gasteiger charge is -2.31. The number of imide groups is 1. The van der Waals surface area contributed by atoms with Crippen LogP contribution in [-0.4, -0.2) is 45.7 Å². The second-order valence-electron chi connectivity index (χ2n) is 4.87. The van der Waals surface area contributed by atoms with Crippen LogP contribution in [0.25, 0.3) is 0 Å². The van der Waals surface area contributed by atoms with Gasteiger partial charge in [-0.25, -0.2) is 4.79 Å². The zero-order valence-corrected chi connectivity index (χ0v) is 10.4. The monoisotopic (exact) mass is 261 g/mol. The smallest absolute Gasteiger partial charge is 0.323 e. The zero-order valence-electron chi connectivity index (χ0n) is 10.4. The topological polar surface area (TPSA) is 87.2 Å². The molecule has 0 aliphatic carbocycles. The van der Waals surface area contributed by atoms with Gasteiger partial charge in [-0.05, 0) is 38.1 Å². The first-order valence-electron chi connectivity index (χ1n) is 6.33. The molecule has 7 nitrogen and oxygen atoms in total. The highest BCUT2D eigenvalue weighted by Crippen LogP contribution is 2.27. The number of nitrogens with zero attached hydrogens (tertiary/aromatic N) is 3. The van der Waals surface area contributed by atoms with Crippen LogP contribution in [0.2, 0.25) is 0 Å². The standard InChI is InChI=1S/C12H15N5O2/c18-10-12(3-6-13-7-4-12)15-11(19)17(10)8-9-2-1-5-14-16-9/h1-2,5,13H,3-4,6-8H2,(H,15,19). The first-order valence-corrected chi connectivity index (χ1v) is 6.33. The van der Waals surface area contributed by atoms with E-state index in [1.54, 1.807) is 18.3 Å². The van der Waals surface area contributed by atoms with E-state index < -0.39 is 5.54 Å². The fourth-order valence-corrected chi connectivity index (χ4v) is 2.59. The van der Waals surface area contributed by atoms with E-state index in [4.69, 9.17) is 0 Å². The summed E-state index contributed by atoms with van der Waals surface area (Å²) in [6, 6.07) is 3.15. The molecule has 0 bridgehead atoms. The molecule has 2 saturated heterocycles. The minimum atomic E-state index is -0.718. The van der Waals surface area contributed by atoms with Crippen LogP contribution < -0.4 is 10.6 Å². The summed E-state index contributed by atoms with van der Waals surface area (Å²) in [5, 5.41) is 13.7. The van der Waals surface area contributed by atoms with E-state index in [9.17, 15) is 9.59 Å². The van der Waals surface area contributed by atoms with E-state index in [-0.39, 0.29) is 18.5 Å². The second-order valence-corrected chi connectivity index (χ2v) is 4.87. The average Bonchev–Trinajstić information content (AvgIpc) is 2.66. The molecule has 2 aliphatic heterocycles. The van der Waals surface area contributed by atoms with Gasteiger partial charge in [0, 0.05) is 6.20 Å². The minimum Gasteiger partial charge on any atom is -0.323 e. The van der Waals surface area contributed by atoms with Crippen LogP contribution in [0.1, 0.15) is 18.5 Å². The van der Waals surface area contributed by atoms with Gasteiger partial charge in [-0.2, -0.15) is 10.2 Å². The van der Waals surface area contributed by atoms with Crippen molar-refractivity contribution >= 4 is 11.9 Å². The molecular formula is C12H15N5O2. The maximum Gasteiger partial charge on any atom is 0.325 e. The summed E-state index contributed by atoms with van der Waals surface area (Å²) in [7, 11) is 0.